The number of fused-ring (bicyclic) bond motifs is 1. The molecule has 0 bridgehead atoms. The van der Waals surface area contributed by atoms with Crippen LogP contribution in [-0.2, 0) is 0 Å². The molecule has 20 heavy (non-hydrogen) atoms. The van der Waals surface area contributed by atoms with Crippen molar-refractivity contribution in [2.45, 2.75) is 6.10 Å². The van der Waals surface area contributed by atoms with Crippen molar-refractivity contribution in [2.75, 3.05) is 6.54 Å². The Bertz CT molecular complexity index is 724. The summed E-state index contributed by atoms with van der Waals surface area (Å²) in [6.07, 6.45) is -0.677. The third-order valence-electron chi connectivity index (χ3n) is 2.84. The van der Waals surface area contributed by atoms with Crippen LogP contribution in [0, 0.1) is 0 Å². The molecule has 1 aromatic carbocycles. The normalized spacial score (nSPS) is 12.4. The lowest BCUT2D eigenvalue weighted by atomic mass is 10.2. The van der Waals surface area contributed by atoms with E-state index in [1.807, 2.05) is 17.5 Å². The number of nitrogens with zero attached hydrogens (tertiary/aromatic N) is 2. The molecule has 0 aliphatic heterocycles. The zero-order chi connectivity index (χ0) is 13.9. The zero-order valence-corrected chi connectivity index (χ0v) is 11.9. The number of benzene rings is 1. The summed E-state index contributed by atoms with van der Waals surface area (Å²) in [6, 6.07) is 8.88. The number of hydrogen-bond acceptors (Lipinski definition) is 6. The van der Waals surface area contributed by atoms with Gasteiger partial charge in [0.2, 0.25) is 0 Å². The first-order chi connectivity index (χ1) is 9.74. The quantitative estimate of drug-likeness (QED) is 0.775. The van der Waals surface area contributed by atoms with Crippen LogP contribution in [0.4, 0.5) is 0 Å². The lowest BCUT2D eigenvalue weighted by Gasteiger charge is -2.10. The van der Waals surface area contributed by atoms with Crippen LogP contribution in [0.5, 0.6) is 0 Å². The fourth-order valence-corrected chi connectivity index (χ4v) is 3.03. The molecule has 0 aliphatic carbocycles. The van der Waals surface area contributed by atoms with Gasteiger partial charge in [0.25, 0.3) is 5.91 Å². The molecule has 102 valence electrons. The van der Waals surface area contributed by atoms with Gasteiger partial charge in [-0.2, -0.15) is 8.75 Å². The molecule has 0 saturated carbocycles. The summed E-state index contributed by atoms with van der Waals surface area (Å²) in [5.74, 6) is -0.226. The second-order valence-electron chi connectivity index (χ2n) is 4.21. The van der Waals surface area contributed by atoms with E-state index < -0.39 is 6.10 Å². The number of nitrogens with one attached hydrogen (secondary N) is 1. The van der Waals surface area contributed by atoms with Gasteiger partial charge in [-0.3, -0.25) is 4.79 Å². The van der Waals surface area contributed by atoms with Crippen LogP contribution < -0.4 is 5.32 Å². The minimum atomic E-state index is -0.677. The van der Waals surface area contributed by atoms with Crippen molar-refractivity contribution in [1.29, 1.82) is 0 Å². The maximum atomic E-state index is 12.0. The van der Waals surface area contributed by atoms with E-state index in [4.69, 9.17) is 0 Å². The number of carbonyl (C=O) groups excluding carboxylic acids is 1. The van der Waals surface area contributed by atoms with E-state index in [9.17, 15) is 9.90 Å². The minimum Gasteiger partial charge on any atom is -0.386 e. The Morgan fingerprint density at radius 2 is 2.15 bits per heavy atom. The van der Waals surface area contributed by atoms with Crippen LogP contribution in [0.2, 0.25) is 0 Å². The summed E-state index contributed by atoms with van der Waals surface area (Å²) < 4.78 is 8.19. The summed E-state index contributed by atoms with van der Waals surface area (Å²) in [4.78, 5) is 12.9. The first-order valence-electron chi connectivity index (χ1n) is 5.96. The number of aromatic nitrogens is 2. The van der Waals surface area contributed by atoms with Gasteiger partial charge in [-0.05, 0) is 29.6 Å². The standard InChI is InChI=1S/C13H11N3O2S2/c17-11(12-2-1-5-19-12)7-14-13(18)8-3-4-9-10(6-8)16-20-15-9/h1-6,11,17H,7H2,(H,14,18). The molecule has 0 spiro atoms. The second kappa shape index (κ2) is 5.66. The van der Waals surface area contributed by atoms with Crippen molar-refractivity contribution in [3.63, 3.8) is 0 Å². The molecular formula is C13H11N3O2S2. The Balaban J connectivity index is 1.66. The molecular weight excluding hydrogens is 294 g/mol. The largest absolute Gasteiger partial charge is 0.386 e. The Morgan fingerprint density at radius 3 is 2.95 bits per heavy atom. The fourth-order valence-electron chi connectivity index (χ4n) is 1.80. The first-order valence-corrected chi connectivity index (χ1v) is 7.57. The van der Waals surface area contributed by atoms with Gasteiger partial charge in [0.15, 0.2) is 0 Å². The Hall–Kier alpha value is -1.83. The second-order valence-corrected chi connectivity index (χ2v) is 5.72. The number of rotatable bonds is 4. The lowest BCUT2D eigenvalue weighted by molar-refractivity contribution is 0.0918. The summed E-state index contributed by atoms with van der Waals surface area (Å²) in [5.41, 5.74) is 2.01. The summed E-state index contributed by atoms with van der Waals surface area (Å²) in [6.45, 7) is 0.187. The Labute approximate surface area is 123 Å². The van der Waals surface area contributed by atoms with Gasteiger partial charge in [-0.25, -0.2) is 0 Å². The third kappa shape index (κ3) is 2.69. The summed E-state index contributed by atoms with van der Waals surface area (Å²) >= 11 is 2.58. The topological polar surface area (TPSA) is 75.1 Å². The van der Waals surface area contributed by atoms with E-state index in [-0.39, 0.29) is 12.5 Å². The van der Waals surface area contributed by atoms with E-state index in [1.54, 1.807) is 18.2 Å². The van der Waals surface area contributed by atoms with Gasteiger partial charge in [-0.15, -0.1) is 11.3 Å². The van der Waals surface area contributed by atoms with Gasteiger partial charge < -0.3 is 10.4 Å². The van der Waals surface area contributed by atoms with E-state index in [0.29, 0.717) is 11.1 Å². The molecule has 3 aromatic rings. The molecule has 1 unspecified atom stereocenters. The highest BCUT2D eigenvalue weighted by atomic mass is 32.1. The Kier molecular flexibility index (Phi) is 3.72. The minimum absolute atomic E-state index is 0.187. The molecule has 2 N–H and O–H groups in total. The van der Waals surface area contributed by atoms with E-state index in [2.05, 4.69) is 14.1 Å². The fraction of sp³-hybridized carbons (Fsp3) is 0.154. The molecule has 5 nitrogen and oxygen atoms in total. The van der Waals surface area contributed by atoms with Gasteiger partial charge in [0.1, 0.15) is 17.1 Å². The van der Waals surface area contributed by atoms with Crippen molar-refractivity contribution in [3.05, 3.63) is 46.2 Å². The molecule has 1 amide bonds. The molecule has 0 radical (unpaired) electrons. The van der Waals surface area contributed by atoms with E-state index in [0.717, 1.165) is 22.1 Å². The van der Waals surface area contributed by atoms with Crippen molar-refractivity contribution in [1.82, 2.24) is 14.1 Å². The molecule has 0 aliphatic rings. The van der Waals surface area contributed by atoms with Gasteiger partial charge >= 0.3 is 0 Å². The highest BCUT2D eigenvalue weighted by Crippen LogP contribution is 2.18. The number of carbonyl (C=O) groups is 1. The van der Waals surface area contributed by atoms with Crippen molar-refractivity contribution in [3.8, 4) is 0 Å². The smallest absolute Gasteiger partial charge is 0.251 e. The molecule has 2 heterocycles. The summed E-state index contributed by atoms with van der Waals surface area (Å²) in [7, 11) is 0. The predicted octanol–water partition coefficient (Wildman–Crippen LogP) is 2.22. The van der Waals surface area contributed by atoms with Crippen LogP contribution in [0.15, 0.2) is 35.7 Å². The number of thiophene rings is 1. The molecule has 0 fully saturated rings. The third-order valence-corrected chi connectivity index (χ3v) is 4.37. The molecule has 1 atom stereocenters. The maximum Gasteiger partial charge on any atom is 0.251 e. The average Bonchev–Trinajstić information content (AvgIpc) is 3.13. The molecule has 3 rings (SSSR count). The zero-order valence-electron chi connectivity index (χ0n) is 10.3. The highest BCUT2D eigenvalue weighted by Gasteiger charge is 2.12. The number of hydrogen-bond donors (Lipinski definition) is 2. The van der Waals surface area contributed by atoms with Gasteiger partial charge in [0.05, 0.1) is 11.7 Å². The first kappa shape index (κ1) is 13.2. The van der Waals surface area contributed by atoms with E-state index in [1.165, 1.54) is 11.3 Å². The van der Waals surface area contributed by atoms with Gasteiger partial charge in [0, 0.05) is 17.0 Å². The van der Waals surface area contributed by atoms with Crippen molar-refractivity contribution < 1.29 is 9.90 Å². The van der Waals surface area contributed by atoms with Gasteiger partial charge in [-0.1, -0.05) is 6.07 Å². The highest BCUT2D eigenvalue weighted by molar-refractivity contribution is 7.10. The van der Waals surface area contributed by atoms with E-state index >= 15 is 0 Å². The van der Waals surface area contributed by atoms with Crippen LogP contribution in [0.25, 0.3) is 11.0 Å². The van der Waals surface area contributed by atoms with Crippen LogP contribution in [0.1, 0.15) is 21.3 Å². The lowest BCUT2D eigenvalue weighted by Crippen LogP contribution is -2.28. The van der Waals surface area contributed by atoms with Crippen molar-refractivity contribution in [2.24, 2.45) is 0 Å². The van der Waals surface area contributed by atoms with Crippen LogP contribution >= 0.6 is 23.1 Å². The average molecular weight is 305 g/mol. The molecule has 0 saturated heterocycles. The predicted molar refractivity (Wildman–Crippen MR) is 79.0 cm³/mol. The number of amides is 1. The Morgan fingerprint density at radius 1 is 1.30 bits per heavy atom. The monoisotopic (exact) mass is 305 g/mol. The SMILES string of the molecule is O=C(NCC(O)c1cccs1)c1ccc2nsnc2c1. The maximum absolute atomic E-state index is 12.0. The van der Waals surface area contributed by atoms with Crippen LogP contribution in [-0.4, -0.2) is 26.3 Å². The number of aliphatic hydroxyl groups is 1. The molecule has 2 aromatic heterocycles. The molecule has 7 heteroatoms. The summed E-state index contributed by atoms with van der Waals surface area (Å²) in [5, 5.41) is 14.5. The number of aliphatic hydroxyl groups excluding tert-OH is 1. The van der Waals surface area contributed by atoms with Crippen LogP contribution in [0.3, 0.4) is 0 Å². The van der Waals surface area contributed by atoms with Crippen molar-refractivity contribution >= 4 is 40.0 Å².